The number of furan rings is 1. The predicted octanol–water partition coefficient (Wildman–Crippen LogP) is 1.59. The van der Waals surface area contributed by atoms with E-state index in [0.717, 1.165) is 10.9 Å². The summed E-state index contributed by atoms with van der Waals surface area (Å²) in [5, 5.41) is 4.95. The van der Waals surface area contributed by atoms with Gasteiger partial charge in [0.05, 0.1) is 18.3 Å². The number of nitrogens with zero attached hydrogens (tertiary/aromatic N) is 2. The number of hydrogen-bond acceptors (Lipinski definition) is 4. The van der Waals surface area contributed by atoms with E-state index in [0.29, 0.717) is 23.5 Å². The van der Waals surface area contributed by atoms with E-state index in [1.54, 1.807) is 10.9 Å². The Bertz CT molecular complexity index is 772. The molecule has 0 saturated heterocycles. The zero-order valence-electron chi connectivity index (χ0n) is 11.0. The Morgan fingerprint density at radius 1 is 1.45 bits per heavy atom. The van der Waals surface area contributed by atoms with Gasteiger partial charge in [0.25, 0.3) is 5.91 Å². The number of carbonyl (C=O) groups excluding carboxylic acids is 1. The van der Waals surface area contributed by atoms with Crippen molar-refractivity contribution in [1.82, 2.24) is 15.2 Å². The van der Waals surface area contributed by atoms with Crippen LogP contribution in [0.3, 0.4) is 0 Å². The van der Waals surface area contributed by atoms with Crippen LogP contribution in [0.1, 0.15) is 21.7 Å². The van der Waals surface area contributed by atoms with E-state index >= 15 is 0 Å². The van der Waals surface area contributed by atoms with E-state index in [1.165, 1.54) is 0 Å². The number of amides is 1. The summed E-state index contributed by atoms with van der Waals surface area (Å²) in [7, 11) is 0. The molecule has 0 radical (unpaired) electrons. The van der Waals surface area contributed by atoms with Crippen LogP contribution in [0, 0.1) is 6.92 Å². The lowest BCUT2D eigenvalue weighted by Crippen LogP contribution is -2.30. The van der Waals surface area contributed by atoms with Gasteiger partial charge in [0.2, 0.25) is 0 Å². The predicted molar refractivity (Wildman–Crippen MR) is 73.9 cm³/mol. The van der Waals surface area contributed by atoms with Crippen LogP contribution in [0.4, 0.5) is 0 Å². The van der Waals surface area contributed by atoms with Crippen LogP contribution in [0.25, 0.3) is 11.0 Å². The maximum Gasteiger partial charge on any atom is 0.269 e. The fourth-order valence-corrected chi connectivity index (χ4v) is 2.23. The van der Waals surface area contributed by atoms with Crippen LogP contribution >= 0.6 is 0 Å². The molecule has 1 aromatic carbocycles. The summed E-state index contributed by atoms with van der Waals surface area (Å²) in [5.41, 5.74) is 4.32. The second-order valence-electron chi connectivity index (χ2n) is 4.59. The number of nitrogen functional groups attached to an aromatic ring is 1. The van der Waals surface area contributed by atoms with Crippen LogP contribution < -0.4 is 11.3 Å². The number of hydrogen-bond donors (Lipinski definition) is 2. The van der Waals surface area contributed by atoms with Crippen molar-refractivity contribution in [3.05, 3.63) is 53.5 Å². The van der Waals surface area contributed by atoms with Crippen LogP contribution in [-0.2, 0) is 6.54 Å². The molecule has 1 amide bonds. The first-order chi connectivity index (χ1) is 9.69. The second-order valence-corrected chi connectivity index (χ2v) is 4.59. The number of aryl methyl sites for hydroxylation is 1. The van der Waals surface area contributed by atoms with Crippen molar-refractivity contribution in [2.24, 2.45) is 5.84 Å². The molecule has 0 aliphatic heterocycles. The van der Waals surface area contributed by atoms with Crippen molar-refractivity contribution >= 4 is 16.9 Å². The summed E-state index contributed by atoms with van der Waals surface area (Å²) in [5.74, 6) is 5.43. The van der Waals surface area contributed by atoms with Gasteiger partial charge in [0.1, 0.15) is 11.3 Å². The van der Waals surface area contributed by atoms with E-state index < -0.39 is 0 Å². The number of hydrazine groups is 1. The smallest absolute Gasteiger partial charge is 0.269 e. The molecule has 3 N–H and O–H groups in total. The minimum Gasteiger partial charge on any atom is -0.458 e. The Labute approximate surface area is 115 Å². The molecule has 2 aromatic heterocycles. The summed E-state index contributed by atoms with van der Waals surface area (Å²) in [6.07, 6.45) is 3.64. The topological polar surface area (TPSA) is 86.1 Å². The molecule has 2 heterocycles. The molecule has 6 nitrogen and oxygen atoms in total. The van der Waals surface area contributed by atoms with E-state index in [1.807, 2.05) is 37.4 Å². The van der Waals surface area contributed by atoms with Crippen LogP contribution in [-0.4, -0.2) is 15.7 Å². The van der Waals surface area contributed by atoms with Crippen molar-refractivity contribution in [2.75, 3.05) is 0 Å². The van der Waals surface area contributed by atoms with Crippen molar-refractivity contribution in [1.29, 1.82) is 0 Å². The quantitative estimate of drug-likeness (QED) is 0.430. The minimum atomic E-state index is -0.367. The number of benzene rings is 1. The molecule has 0 aliphatic rings. The first kappa shape index (κ1) is 12.4. The molecule has 0 aliphatic carbocycles. The first-order valence-corrected chi connectivity index (χ1v) is 6.19. The zero-order chi connectivity index (χ0) is 14.1. The van der Waals surface area contributed by atoms with Crippen molar-refractivity contribution in [3.63, 3.8) is 0 Å². The zero-order valence-corrected chi connectivity index (χ0v) is 11.0. The number of rotatable bonds is 3. The highest BCUT2D eigenvalue weighted by atomic mass is 16.3. The number of para-hydroxylation sites is 1. The van der Waals surface area contributed by atoms with Gasteiger partial charge in [-0.2, -0.15) is 5.10 Å². The molecule has 0 atom stereocenters. The first-order valence-electron chi connectivity index (χ1n) is 6.19. The SMILES string of the molecule is Cc1cnn(Cc2oc3ccccc3c2C(=O)NN)c1. The maximum absolute atomic E-state index is 12.0. The highest BCUT2D eigenvalue weighted by Gasteiger charge is 2.20. The average Bonchev–Trinajstić information content (AvgIpc) is 3.01. The van der Waals surface area contributed by atoms with Gasteiger partial charge >= 0.3 is 0 Å². The normalized spacial score (nSPS) is 10.9. The molecule has 3 rings (SSSR count). The van der Waals surface area contributed by atoms with Gasteiger partial charge in [-0.15, -0.1) is 0 Å². The van der Waals surface area contributed by atoms with Gasteiger partial charge in [0.15, 0.2) is 0 Å². The van der Waals surface area contributed by atoms with E-state index in [-0.39, 0.29) is 5.91 Å². The monoisotopic (exact) mass is 270 g/mol. The van der Waals surface area contributed by atoms with Crippen LogP contribution in [0.15, 0.2) is 41.1 Å². The highest BCUT2D eigenvalue weighted by Crippen LogP contribution is 2.26. The molecule has 20 heavy (non-hydrogen) atoms. The van der Waals surface area contributed by atoms with E-state index in [2.05, 4.69) is 10.5 Å². The number of nitrogens with two attached hydrogens (primary N) is 1. The highest BCUT2D eigenvalue weighted by molar-refractivity contribution is 6.07. The van der Waals surface area contributed by atoms with Crippen molar-refractivity contribution in [3.8, 4) is 0 Å². The number of nitrogens with one attached hydrogen (secondary N) is 1. The summed E-state index contributed by atoms with van der Waals surface area (Å²) in [6.45, 7) is 2.33. The van der Waals surface area contributed by atoms with Crippen molar-refractivity contribution < 1.29 is 9.21 Å². The third-order valence-electron chi connectivity index (χ3n) is 3.09. The molecule has 0 spiro atoms. The Balaban J connectivity index is 2.11. The van der Waals surface area contributed by atoms with Gasteiger partial charge in [-0.1, -0.05) is 18.2 Å². The van der Waals surface area contributed by atoms with Gasteiger partial charge < -0.3 is 4.42 Å². The molecule has 102 valence electrons. The van der Waals surface area contributed by atoms with Gasteiger partial charge in [-0.25, -0.2) is 5.84 Å². The number of aromatic nitrogens is 2. The molecular weight excluding hydrogens is 256 g/mol. The average molecular weight is 270 g/mol. The van der Waals surface area contributed by atoms with E-state index in [9.17, 15) is 4.79 Å². The molecule has 6 heteroatoms. The number of carbonyl (C=O) groups is 1. The number of fused-ring (bicyclic) bond motifs is 1. The lowest BCUT2D eigenvalue weighted by Gasteiger charge is -2.02. The van der Waals surface area contributed by atoms with E-state index in [4.69, 9.17) is 10.3 Å². The molecule has 0 saturated carbocycles. The fourth-order valence-electron chi connectivity index (χ4n) is 2.23. The Kier molecular flexibility index (Phi) is 3.00. The van der Waals surface area contributed by atoms with Gasteiger partial charge in [0, 0.05) is 11.6 Å². The molecule has 0 bridgehead atoms. The Morgan fingerprint density at radius 3 is 2.95 bits per heavy atom. The minimum absolute atomic E-state index is 0.367. The standard InChI is InChI=1S/C14H14N4O2/c1-9-6-16-18(7-9)8-12-13(14(19)17-15)10-4-2-3-5-11(10)20-12/h2-7H,8,15H2,1H3,(H,17,19). The summed E-state index contributed by atoms with van der Waals surface area (Å²) in [6, 6.07) is 7.37. The fraction of sp³-hybridized carbons (Fsp3) is 0.143. The third-order valence-corrected chi connectivity index (χ3v) is 3.09. The Hall–Kier alpha value is -2.60. The largest absolute Gasteiger partial charge is 0.458 e. The lowest BCUT2D eigenvalue weighted by atomic mass is 10.1. The summed E-state index contributed by atoms with van der Waals surface area (Å²) >= 11 is 0. The molecule has 0 unspecified atom stereocenters. The molecule has 3 aromatic rings. The second kappa shape index (κ2) is 4.82. The lowest BCUT2D eigenvalue weighted by molar-refractivity contribution is 0.0953. The summed E-state index contributed by atoms with van der Waals surface area (Å²) in [4.78, 5) is 12.0. The summed E-state index contributed by atoms with van der Waals surface area (Å²) < 4.78 is 7.48. The van der Waals surface area contributed by atoms with Crippen LogP contribution in [0.5, 0.6) is 0 Å². The molecular formula is C14H14N4O2. The third kappa shape index (κ3) is 2.06. The van der Waals surface area contributed by atoms with Crippen LogP contribution in [0.2, 0.25) is 0 Å². The Morgan fingerprint density at radius 2 is 2.25 bits per heavy atom. The molecule has 0 fully saturated rings. The van der Waals surface area contributed by atoms with Gasteiger partial charge in [-0.3, -0.25) is 14.9 Å². The van der Waals surface area contributed by atoms with Gasteiger partial charge in [-0.05, 0) is 18.6 Å². The van der Waals surface area contributed by atoms with Crippen molar-refractivity contribution in [2.45, 2.75) is 13.5 Å². The maximum atomic E-state index is 12.0.